The maximum atomic E-state index is 12.9. The van der Waals surface area contributed by atoms with Gasteiger partial charge in [0.25, 0.3) is 0 Å². The molecule has 33 heavy (non-hydrogen) atoms. The maximum absolute atomic E-state index is 12.9. The van der Waals surface area contributed by atoms with Crippen molar-refractivity contribution in [3.63, 3.8) is 0 Å². The van der Waals surface area contributed by atoms with Gasteiger partial charge in [-0.25, -0.2) is 9.59 Å². The highest BCUT2D eigenvalue weighted by Gasteiger charge is 2.37. The van der Waals surface area contributed by atoms with Crippen molar-refractivity contribution in [2.45, 2.75) is 37.3 Å². The van der Waals surface area contributed by atoms with Gasteiger partial charge in [0, 0.05) is 12.5 Å². The number of carbonyl (C=O) groups is 3. The Morgan fingerprint density at radius 2 is 1.76 bits per heavy atom. The Kier molecular flexibility index (Phi) is 7.23. The lowest BCUT2D eigenvalue weighted by molar-refractivity contribution is -0.142. The minimum absolute atomic E-state index is 0.0563. The second kappa shape index (κ2) is 10.3. The number of benzene rings is 2. The summed E-state index contributed by atoms with van der Waals surface area (Å²) >= 11 is 1.52. The second-order valence-electron chi connectivity index (χ2n) is 8.34. The third kappa shape index (κ3) is 4.85. The average Bonchev–Trinajstić information content (AvgIpc) is 3.43. The lowest BCUT2D eigenvalue weighted by atomic mass is 9.98. The van der Waals surface area contributed by atoms with Gasteiger partial charge in [0.05, 0.1) is 0 Å². The zero-order chi connectivity index (χ0) is 23.4. The van der Waals surface area contributed by atoms with Gasteiger partial charge in [-0.05, 0) is 53.5 Å². The molecule has 0 saturated carbocycles. The van der Waals surface area contributed by atoms with Gasteiger partial charge in [-0.3, -0.25) is 9.69 Å². The lowest BCUT2D eigenvalue weighted by Crippen LogP contribution is -2.51. The van der Waals surface area contributed by atoms with E-state index >= 15 is 0 Å². The van der Waals surface area contributed by atoms with Gasteiger partial charge < -0.3 is 15.2 Å². The van der Waals surface area contributed by atoms with E-state index in [2.05, 4.69) is 29.6 Å². The first kappa shape index (κ1) is 23.2. The molecule has 1 fully saturated rings. The molecule has 2 amide bonds. The molecule has 0 radical (unpaired) electrons. The van der Waals surface area contributed by atoms with E-state index in [-0.39, 0.29) is 12.5 Å². The minimum atomic E-state index is -1.07. The normalized spacial score (nSPS) is 17.8. The van der Waals surface area contributed by atoms with Gasteiger partial charge in [-0.1, -0.05) is 48.5 Å². The number of carboxylic acid groups (broad SMARTS) is 1. The van der Waals surface area contributed by atoms with E-state index in [0.717, 1.165) is 22.3 Å². The summed E-state index contributed by atoms with van der Waals surface area (Å²) in [6.45, 7) is 0.598. The highest BCUT2D eigenvalue weighted by atomic mass is 32.2. The summed E-state index contributed by atoms with van der Waals surface area (Å²) in [6.07, 6.45) is 2.84. The first-order valence-electron chi connectivity index (χ1n) is 11.1. The number of nitrogens with zero attached hydrogens (tertiary/aromatic N) is 1. The second-order valence-corrected chi connectivity index (χ2v) is 9.32. The zero-order valence-corrected chi connectivity index (χ0v) is 19.3. The van der Waals surface area contributed by atoms with E-state index < -0.39 is 30.1 Å². The molecule has 7 nitrogen and oxygen atoms in total. The first-order chi connectivity index (χ1) is 16.0. The summed E-state index contributed by atoms with van der Waals surface area (Å²) in [5.74, 6) is -0.936. The van der Waals surface area contributed by atoms with Gasteiger partial charge >= 0.3 is 12.1 Å². The predicted molar refractivity (Wildman–Crippen MR) is 127 cm³/mol. The number of hydrogen-bond acceptors (Lipinski definition) is 5. The molecule has 1 aliphatic heterocycles. The smallest absolute Gasteiger partial charge is 0.410 e. The van der Waals surface area contributed by atoms with E-state index in [4.69, 9.17) is 4.74 Å². The molecular weight excluding hydrogens is 440 g/mol. The minimum Gasteiger partial charge on any atom is -0.480 e. The Hall–Kier alpha value is -3.00. The fraction of sp³-hybridized carbons (Fsp3) is 0.400. The fourth-order valence-corrected chi connectivity index (χ4v) is 5.17. The number of carbonyl (C=O) groups excluding carboxylic acids is 2. The molecule has 1 aliphatic carbocycles. The van der Waals surface area contributed by atoms with Crippen molar-refractivity contribution < 1.29 is 24.2 Å². The third-order valence-corrected chi connectivity index (χ3v) is 7.00. The van der Waals surface area contributed by atoms with E-state index in [0.29, 0.717) is 31.6 Å². The van der Waals surface area contributed by atoms with Gasteiger partial charge in [-0.15, -0.1) is 0 Å². The molecule has 1 saturated heterocycles. The van der Waals surface area contributed by atoms with Gasteiger partial charge in [0.15, 0.2) is 0 Å². The number of likely N-dealkylation sites (tertiary alicyclic amines) is 1. The van der Waals surface area contributed by atoms with Gasteiger partial charge in [0.1, 0.15) is 18.7 Å². The van der Waals surface area contributed by atoms with Crippen molar-refractivity contribution in [3.05, 3.63) is 59.7 Å². The number of hydrogen-bond donors (Lipinski definition) is 2. The maximum Gasteiger partial charge on any atom is 0.410 e. The number of nitrogens with one attached hydrogen (secondary N) is 1. The topological polar surface area (TPSA) is 95.9 Å². The molecule has 2 aromatic carbocycles. The van der Waals surface area contributed by atoms with Crippen LogP contribution in [0.5, 0.6) is 0 Å². The Balaban J connectivity index is 1.41. The van der Waals surface area contributed by atoms with E-state index in [1.165, 1.54) is 16.7 Å². The summed E-state index contributed by atoms with van der Waals surface area (Å²) in [6, 6.07) is 14.6. The quantitative estimate of drug-likeness (QED) is 0.613. The summed E-state index contributed by atoms with van der Waals surface area (Å²) in [4.78, 5) is 38.7. The molecule has 8 heteroatoms. The molecular formula is C25H28N2O5S. The van der Waals surface area contributed by atoms with Crippen LogP contribution < -0.4 is 5.32 Å². The molecule has 2 N–H and O–H groups in total. The Bertz CT molecular complexity index is 997. The zero-order valence-electron chi connectivity index (χ0n) is 18.5. The van der Waals surface area contributed by atoms with Crippen molar-refractivity contribution in [1.82, 2.24) is 10.2 Å². The van der Waals surface area contributed by atoms with Crippen LogP contribution in [0.15, 0.2) is 48.5 Å². The first-order valence-corrected chi connectivity index (χ1v) is 12.5. The fourth-order valence-electron chi connectivity index (χ4n) is 4.70. The molecule has 0 spiro atoms. The van der Waals surface area contributed by atoms with Crippen LogP contribution in [0, 0.1) is 0 Å². The SMILES string of the molecule is CSCC[C@H](NC(=O)[C@@H]1CCCN1C(=O)OCC1c2ccccc2-c2ccccc21)C(=O)O. The standard InChI is InChI=1S/C25H28N2O5S/c1-33-14-12-21(24(29)30)26-23(28)22-11-6-13-27(22)25(31)32-15-20-18-9-4-2-7-16(18)17-8-3-5-10-19(17)20/h2-5,7-10,20-22H,6,11-15H2,1H3,(H,26,28)(H,29,30)/t21-,22-/m0/s1. The molecule has 0 bridgehead atoms. The molecule has 4 rings (SSSR count). The summed E-state index contributed by atoms with van der Waals surface area (Å²) < 4.78 is 5.71. The van der Waals surface area contributed by atoms with Crippen molar-refractivity contribution >= 4 is 29.7 Å². The summed E-state index contributed by atoms with van der Waals surface area (Å²) in [5.41, 5.74) is 4.55. The summed E-state index contributed by atoms with van der Waals surface area (Å²) in [5, 5.41) is 12.0. The van der Waals surface area contributed by atoms with Crippen LogP contribution in [0.1, 0.15) is 36.3 Å². The van der Waals surface area contributed by atoms with Crippen LogP contribution in [0.2, 0.25) is 0 Å². The average molecular weight is 469 g/mol. The molecule has 2 aromatic rings. The number of rotatable bonds is 8. The number of amides is 2. The number of ether oxygens (including phenoxy) is 1. The van der Waals surface area contributed by atoms with Crippen LogP contribution in [0.3, 0.4) is 0 Å². The highest BCUT2D eigenvalue weighted by molar-refractivity contribution is 7.98. The lowest BCUT2D eigenvalue weighted by Gasteiger charge is -2.25. The van der Waals surface area contributed by atoms with E-state index in [1.54, 1.807) is 0 Å². The summed E-state index contributed by atoms with van der Waals surface area (Å²) in [7, 11) is 0. The van der Waals surface area contributed by atoms with E-state index in [9.17, 15) is 19.5 Å². The Morgan fingerprint density at radius 3 is 2.36 bits per heavy atom. The third-order valence-electron chi connectivity index (χ3n) is 6.35. The highest BCUT2D eigenvalue weighted by Crippen LogP contribution is 2.44. The van der Waals surface area contributed by atoms with Crippen molar-refractivity contribution in [1.29, 1.82) is 0 Å². The van der Waals surface area contributed by atoms with Gasteiger partial charge in [0.2, 0.25) is 5.91 Å². The number of thioether (sulfide) groups is 1. The number of carboxylic acids is 1. The van der Waals surface area contributed by atoms with Crippen LogP contribution in [0.4, 0.5) is 4.79 Å². The molecule has 0 aromatic heterocycles. The number of aliphatic carboxylic acids is 1. The number of fused-ring (bicyclic) bond motifs is 3. The molecule has 2 aliphatic rings. The molecule has 2 atom stereocenters. The van der Waals surface area contributed by atoms with Crippen LogP contribution in [0.25, 0.3) is 11.1 Å². The Labute approximate surface area is 197 Å². The van der Waals surface area contributed by atoms with Crippen molar-refractivity contribution in [3.8, 4) is 11.1 Å². The van der Waals surface area contributed by atoms with Crippen LogP contribution in [-0.2, 0) is 14.3 Å². The monoisotopic (exact) mass is 468 g/mol. The molecule has 174 valence electrons. The van der Waals surface area contributed by atoms with E-state index in [1.807, 2.05) is 30.5 Å². The molecule has 1 heterocycles. The van der Waals surface area contributed by atoms with Crippen molar-refractivity contribution in [2.24, 2.45) is 0 Å². The largest absolute Gasteiger partial charge is 0.480 e. The predicted octanol–water partition coefficient (Wildman–Crippen LogP) is 3.72. The van der Waals surface area contributed by atoms with Crippen molar-refractivity contribution in [2.75, 3.05) is 25.2 Å². The Morgan fingerprint density at radius 1 is 1.12 bits per heavy atom. The van der Waals surface area contributed by atoms with Gasteiger partial charge in [-0.2, -0.15) is 11.8 Å². The van der Waals surface area contributed by atoms with Crippen LogP contribution >= 0.6 is 11.8 Å². The van der Waals surface area contributed by atoms with Crippen LogP contribution in [-0.4, -0.2) is 65.2 Å². The molecule has 0 unspecified atom stereocenters.